The van der Waals surface area contributed by atoms with Gasteiger partial charge in [-0.05, 0) is 55.7 Å². The third-order valence-corrected chi connectivity index (χ3v) is 5.23. The van der Waals surface area contributed by atoms with Crippen LogP contribution in [0, 0.1) is 12.8 Å². The van der Waals surface area contributed by atoms with Crippen molar-refractivity contribution in [1.29, 1.82) is 0 Å². The predicted octanol–water partition coefficient (Wildman–Crippen LogP) is 4.64. The Bertz CT molecular complexity index is 1040. The average molecular weight is 408 g/mol. The van der Waals surface area contributed by atoms with Gasteiger partial charge >= 0.3 is 0 Å². The fourth-order valence-electron chi connectivity index (χ4n) is 3.09. The van der Waals surface area contributed by atoms with Crippen LogP contribution in [0.4, 0.5) is 0 Å². The Balaban J connectivity index is 2.12. The number of carbonyl (C=O) groups is 1. The van der Waals surface area contributed by atoms with Gasteiger partial charge in [-0.3, -0.25) is 4.79 Å². The maximum Gasteiger partial charge on any atom is 0.270 e. The standard InChI is InChI=1S/C24H29N3O3/c1-15(2)17(4)25-24(28)22-14-21(20-11-10-19(29-5)13-23(20)30-6)26-27(22)18-9-7-8-16(3)12-18/h7-15,17H,1-6H3,(H,25,28). The van der Waals surface area contributed by atoms with Crippen molar-refractivity contribution in [3.8, 4) is 28.4 Å². The first-order valence-corrected chi connectivity index (χ1v) is 10.0. The van der Waals surface area contributed by atoms with E-state index in [0.717, 1.165) is 16.8 Å². The third kappa shape index (κ3) is 4.48. The molecule has 2 aromatic carbocycles. The van der Waals surface area contributed by atoms with E-state index in [-0.39, 0.29) is 11.9 Å². The normalized spacial score (nSPS) is 12.0. The lowest BCUT2D eigenvalue weighted by Crippen LogP contribution is -2.37. The number of nitrogens with one attached hydrogen (secondary N) is 1. The number of ether oxygens (including phenoxy) is 2. The molecular weight excluding hydrogens is 378 g/mol. The molecule has 0 aliphatic carbocycles. The lowest BCUT2D eigenvalue weighted by atomic mass is 10.1. The van der Waals surface area contributed by atoms with Crippen LogP contribution in [0.1, 0.15) is 36.8 Å². The molecule has 0 radical (unpaired) electrons. The molecule has 3 rings (SSSR count). The fourth-order valence-corrected chi connectivity index (χ4v) is 3.09. The molecule has 6 nitrogen and oxygen atoms in total. The minimum atomic E-state index is -0.163. The van der Waals surface area contributed by atoms with Gasteiger partial charge in [0.25, 0.3) is 5.91 Å². The quantitative estimate of drug-likeness (QED) is 0.620. The van der Waals surface area contributed by atoms with E-state index in [1.54, 1.807) is 25.0 Å². The van der Waals surface area contributed by atoms with Gasteiger partial charge in [0.1, 0.15) is 17.2 Å². The molecule has 1 amide bonds. The van der Waals surface area contributed by atoms with Gasteiger partial charge in [0.2, 0.25) is 0 Å². The summed E-state index contributed by atoms with van der Waals surface area (Å²) < 4.78 is 12.5. The van der Waals surface area contributed by atoms with E-state index in [2.05, 4.69) is 19.2 Å². The second-order valence-electron chi connectivity index (χ2n) is 7.74. The number of aromatic nitrogens is 2. The first-order chi connectivity index (χ1) is 14.3. The van der Waals surface area contributed by atoms with Gasteiger partial charge < -0.3 is 14.8 Å². The smallest absolute Gasteiger partial charge is 0.270 e. The minimum absolute atomic E-state index is 0.0392. The van der Waals surface area contributed by atoms with Gasteiger partial charge in [0, 0.05) is 17.7 Å². The molecule has 1 N–H and O–H groups in total. The molecule has 0 aliphatic rings. The van der Waals surface area contributed by atoms with E-state index in [4.69, 9.17) is 14.6 Å². The van der Waals surface area contributed by atoms with Crippen molar-refractivity contribution in [1.82, 2.24) is 15.1 Å². The molecule has 158 valence electrons. The highest BCUT2D eigenvalue weighted by molar-refractivity contribution is 5.94. The summed E-state index contributed by atoms with van der Waals surface area (Å²) in [5.74, 6) is 1.48. The largest absolute Gasteiger partial charge is 0.497 e. The highest BCUT2D eigenvalue weighted by Gasteiger charge is 2.21. The van der Waals surface area contributed by atoms with Crippen molar-refractivity contribution in [3.63, 3.8) is 0 Å². The number of methoxy groups -OCH3 is 2. The first-order valence-electron chi connectivity index (χ1n) is 10.0. The summed E-state index contributed by atoms with van der Waals surface area (Å²) in [5.41, 5.74) is 3.83. The third-order valence-electron chi connectivity index (χ3n) is 5.23. The Kier molecular flexibility index (Phi) is 6.45. The highest BCUT2D eigenvalue weighted by atomic mass is 16.5. The number of nitrogens with zero attached hydrogens (tertiary/aromatic N) is 2. The Labute approximate surface area is 177 Å². The van der Waals surface area contributed by atoms with Gasteiger partial charge in [0.05, 0.1) is 25.6 Å². The molecule has 1 heterocycles. The molecule has 0 saturated carbocycles. The minimum Gasteiger partial charge on any atom is -0.497 e. The van der Waals surface area contributed by atoms with E-state index in [1.165, 1.54) is 0 Å². The molecule has 0 aliphatic heterocycles. The zero-order valence-corrected chi connectivity index (χ0v) is 18.4. The molecule has 0 fully saturated rings. The van der Waals surface area contributed by atoms with E-state index >= 15 is 0 Å². The Morgan fingerprint density at radius 3 is 2.43 bits per heavy atom. The summed E-state index contributed by atoms with van der Waals surface area (Å²) in [4.78, 5) is 13.1. The van der Waals surface area contributed by atoms with Crippen LogP contribution in [-0.2, 0) is 0 Å². The summed E-state index contributed by atoms with van der Waals surface area (Å²) in [6.07, 6.45) is 0. The summed E-state index contributed by atoms with van der Waals surface area (Å²) in [6.45, 7) is 8.18. The molecule has 6 heteroatoms. The molecule has 1 aromatic heterocycles. The Morgan fingerprint density at radius 2 is 1.80 bits per heavy atom. The zero-order chi connectivity index (χ0) is 21.8. The predicted molar refractivity (Wildman–Crippen MR) is 119 cm³/mol. The van der Waals surface area contributed by atoms with Gasteiger partial charge in [-0.15, -0.1) is 0 Å². The van der Waals surface area contributed by atoms with E-state index < -0.39 is 0 Å². The zero-order valence-electron chi connectivity index (χ0n) is 18.4. The van der Waals surface area contributed by atoms with Crippen molar-refractivity contribution >= 4 is 5.91 Å². The molecule has 3 aromatic rings. The van der Waals surface area contributed by atoms with Crippen LogP contribution >= 0.6 is 0 Å². The number of benzene rings is 2. The van der Waals surface area contributed by atoms with Crippen LogP contribution in [0.5, 0.6) is 11.5 Å². The monoisotopic (exact) mass is 407 g/mol. The summed E-state index contributed by atoms with van der Waals surface area (Å²) in [6, 6.07) is 15.3. The second-order valence-corrected chi connectivity index (χ2v) is 7.74. The molecule has 0 spiro atoms. The number of aryl methyl sites for hydroxylation is 1. The van der Waals surface area contributed by atoms with Crippen molar-refractivity contribution in [2.75, 3.05) is 14.2 Å². The number of hydrogen-bond donors (Lipinski definition) is 1. The number of amides is 1. The van der Waals surface area contributed by atoms with E-state index in [0.29, 0.717) is 28.8 Å². The Morgan fingerprint density at radius 1 is 1.03 bits per heavy atom. The van der Waals surface area contributed by atoms with Crippen LogP contribution in [-0.4, -0.2) is 35.9 Å². The highest BCUT2D eigenvalue weighted by Crippen LogP contribution is 2.33. The van der Waals surface area contributed by atoms with Gasteiger partial charge in [-0.25, -0.2) is 4.68 Å². The topological polar surface area (TPSA) is 65.4 Å². The van der Waals surface area contributed by atoms with E-state index in [1.807, 2.05) is 56.3 Å². The van der Waals surface area contributed by atoms with Crippen molar-refractivity contribution in [3.05, 3.63) is 59.8 Å². The average Bonchev–Trinajstić information content (AvgIpc) is 3.18. The van der Waals surface area contributed by atoms with Crippen LogP contribution in [0.3, 0.4) is 0 Å². The maximum absolute atomic E-state index is 13.1. The SMILES string of the molecule is COc1ccc(-c2cc(C(=O)NC(C)C(C)C)n(-c3cccc(C)c3)n2)c(OC)c1. The number of hydrogen-bond acceptors (Lipinski definition) is 4. The van der Waals surface area contributed by atoms with Crippen LogP contribution < -0.4 is 14.8 Å². The molecule has 30 heavy (non-hydrogen) atoms. The van der Waals surface area contributed by atoms with E-state index in [9.17, 15) is 4.79 Å². The van der Waals surface area contributed by atoms with Gasteiger partial charge in [-0.2, -0.15) is 5.10 Å². The number of rotatable bonds is 7. The maximum atomic E-state index is 13.1. The van der Waals surface area contributed by atoms with Crippen molar-refractivity contribution in [2.24, 2.45) is 5.92 Å². The van der Waals surface area contributed by atoms with Crippen molar-refractivity contribution in [2.45, 2.75) is 33.7 Å². The second kappa shape index (κ2) is 9.03. The van der Waals surface area contributed by atoms with Crippen LogP contribution in [0.2, 0.25) is 0 Å². The molecular formula is C24H29N3O3. The summed E-state index contributed by atoms with van der Waals surface area (Å²) in [7, 11) is 3.22. The molecule has 1 atom stereocenters. The lowest BCUT2D eigenvalue weighted by molar-refractivity contribution is 0.0922. The summed E-state index contributed by atoms with van der Waals surface area (Å²) in [5, 5.41) is 7.85. The van der Waals surface area contributed by atoms with Crippen molar-refractivity contribution < 1.29 is 14.3 Å². The van der Waals surface area contributed by atoms with Crippen LogP contribution in [0.25, 0.3) is 16.9 Å². The summed E-state index contributed by atoms with van der Waals surface area (Å²) >= 11 is 0. The van der Waals surface area contributed by atoms with Gasteiger partial charge in [-0.1, -0.05) is 26.0 Å². The fraction of sp³-hybridized carbons (Fsp3) is 0.333. The van der Waals surface area contributed by atoms with Crippen LogP contribution in [0.15, 0.2) is 48.5 Å². The number of carbonyl (C=O) groups excluding carboxylic acids is 1. The molecule has 1 unspecified atom stereocenters. The Hall–Kier alpha value is -3.28. The van der Waals surface area contributed by atoms with Gasteiger partial charge in [0.15, 0.2) is 0 Å². The first kappa shape index (κ1) is 21.4. The lowest BCUT2D eigenvalue weighted by Gasteiger charge is -2.17. The molecule has 0 saturated heterocycles. The molecule has 0 bridgehead atoms.